The second-order valence-electron chi connectivity index (χ2n) is 6.60. The Bertz CT molecular complexity index is 1110. The molecule has 1 aliphatic heterocycles. The molecule has 0 saturated carbocycles. The summed E-state index contributed by atoms with van der Waals surface area (Å²) in [6.07, 6.45) is 3.96. The number of hydrogen-bond acceptors (Lipinski definition) is 6. The minimum Gasteiger partial charge on any atom is -0.480 e. The van der Waals surface area contributed by atoms with Crippen LogP contribution in [-0.2, 0) is 11.2 Å². The Labute approximate surface area is 163 Å². The standard InChI is InChI=1S/C19H17FN4O3S/c1-10(15-9-22-17(28-15)11-3-2-4-12(20)7-11)23-13-8-21-16-6-5-14(19(26)27)24(16)18(13)25/h2-4,7-10,14,23H,5-6H2,1H3,(H,26,27)/t10-,14+/m1/s1. The van der Waals surface area contributed by atoms with Crippen LogP contribution in [0.15, 0.2) is 41.5 Å². The Hall–Kier alpha value is -3.07. The van der Waals surface area contributed by atoms with Gasteiger partial charge in [-0.2, -0.15) is 0 Å². The molecule has 0 unspecified atom stereocenters. The fourth-order valence-electron chi connectivity index (χ4n) is 3.28. The average Bonchev–Trinajstić information content (AvgIpc) is 3.31. The molecule has 0 fully saturated rings. The van der Waals surface area contributed by atoms with E-state index in [9.17, 15) is 19.1 Å². The fourth-order valence-corrected chi connectivity index (χ4v) is 4.20. The topological polar surface area (TPSA) is 97.1 Å². The summed E-state index contributed by atoms with van der Waals surface area (Å²) < 4.78 is 14.7. The highest BCUT2D eigenvalue weighted by Crippen LogP contribution is 2.30. The summed E-state index contributed by atoms with van der Waals surface area (Å²) in [5.74, 6) is -0.873. The molecule has 1 aromatic carbocycles. The van der Waals surface area contributed by atoms with Crippen LogP contribution in [0.1, 0.15) is 36.1 Å². The van der Waals surface area contributed by atoms with Gasteiger partial charge < -0.3 is 10.4 Å². The molecular formula is C19H17FN4O3S. The molecule has 7 nitrogen and oxygen atoms in total. The molecule has 3 aromatic rings. The molecule has 2 aromatic heterocycles. The Kier molecular flexibility index (Phi) is 4.68. The predicted molar refractivity (Wildman–Crippen MR) is 103 cm³/mol. The third-order valence-corrected chi connectivity index (χ3v) is 5.93. The number of aromatic nitrogens is 3. The Morgan fingerprint density at radius 2 is 2.21 bits per heavy atom. The van der Waals surface area contributed by atoms with Crippen molar-refractivity contribution in [3.8, 4) is 10.6 Å². The number of anilines is 1. The molecule has 1 aliphatic rings. The summed E-state index contributed by atoms with van der Waals surface area (Å²) >= 11 is 1.40. The van der Waals surface area contributed by atoms with Crippen molar-refractivity contribution >= 4 is 23.0 Å². The molecule has 0 saturated heterocycles. The van der Waals surface area contributed by atoms with Crippen LogP contribution in [0.2, 0.25) is 0 Å². The molecule has 144 valence electrons. The maximum atomic E-state index is 13.4. The van der Waals surface area contributed by atoms with E-state index in [0.717, 1.165) is 4.88 Å². The van der Waals surface area contributed by atoms with Crippen LogP contribution in [0.5, 0.6) is 0 Å². The van der Waals surface area contributed by atoms with Gasteiger partial charge in [0.1, 0.15) is 28.4 Å². The molecule has 0 aliphatic carbocycles. The summed E-state index contributed by atoms with van der Waals surface area (Å²) in [5.41, 5.74) is 0.536. The maximum absolute atomic E-state index is 13.4. The monoisotopic (exact) mass is 400 g/mol. The number of carboxylic acids is 1. The molecule has 9 heteroatoms. The van der Waals surface area contributed by atoms with Crippen LogP contribution in [0.3, 0.4) is 0 Å². The number of hydrogen-bond donors (Lipinski definition) is 2. The predicted octanol–water partition coefficient (Wildman–Crippen LogP) is 3.25. The van der Waals surface area contributed by atoms with Gasteiger partial charge in [-0.05, 0) is 25.5 Å². The first-order valence-electron chi connectivity index (χ1n) is 8.75. The fraction of sp³-hybridized carbons (Fsp3) is 0.263. The van der Waals surface area contributed by atoms with Gasteiger partial charge in [-0.15, -0.1) is 11.3 Å². The van der Waals surface area contributed by atoms with E-state index in [1.165, 1.54) is 34.2 Å². The van der Waals surface area contributed by atoms with Gasteiger partial charge in [0.25, 0.3) is 5.56 Å². The number of aryl methyl sites for hydroxylation is 1. The van der Waals surface area contributed by atoms with Gasteiger partial charge in [-0.1, -0.05) is 12.1 Å². The van der Waals surface area contributed by atoms with Gasteiger partial charge in [-0.3, -0.25) is 9.36 Å². The van der Waals surface area contributed by atoms with Crippen molar-refractivity contribution in [3.05, 3.63) is 63.5 Å². The molecule has 2 N–H and O–H groups in total. The minimum atomic E-state index is -1.03. The van der Waals surface area contributed by atoms with Gasteiger partial charge in [0.05, 0.1) is 12.2 Å². The zero-order valence-corrected chi connectivity index (χ0v) is 15.7. The molecule has 3 heterocycles. The van der Waals surface area contributed by atoms with E-state index in [1.807, 2.05) is 6.92 Å². The summed E-state index contributed by atoms with van der Waals surface area (Å²) in [7, 11) is 0. The van der Waals surface area contributed by atoms with Crippen LogP contribution >= 0.6 is 11.3 Å². The molecule has 0 radical (unpaired) electrons. The Morgan fingerprint density at radius 1 is 1.39 bits per heavy atom. The molecule has 0 bridgehead atoms. The highest BCUT2D eigenvalue weighted by molar-refractivity contribution is 7.15. The SMILES string of the molecule is C[C@@H](Nc1cnc2n(c1=O)[C@H](C(=O)O)CC2)c1cnc(-c2cccc(F)c2)s1. The van der Waals surface area contributed by atoms with E-state index >= 15 is 0 Å². The number of nitrogens with zero attached hydrogens (tertiary/aromatic N) is 3. The third kappa shape index (κ3) is 3.29. The van der Waals surface area contributed by atoms with Gasteiger partial charge in [0, 0.05) is 23.1 Å². The van der Waals surface area contributed by atoms with Crippen molar-refractivity contribution in [2.75, 3.05) is 5.32 Å². The zero-order chi connectivity index (χ0) is 19.8. The number of thiazole rings is 1. The second-order valence-corrected chi connectivity index (χ2v) is 7.66. The van der Waals surface area contributed by atoms with Crippen LogP contribution in [0.25, 0.3) is 10.6 Å². The number of carboxylic acid groups (broad SMARTS) is 1. The summed E-state index contributed by atoms with van der Waals surface area (Å²) in [6.45, 7) is 1.87. The number of nitrogens with one attached hydrogen (secondary N) is 1. The van der Waals surface area contributed by atoms with Crippen molar-refractivity contribution in [2.24, 2.45) is 0 Å². The summed E-state index contributed by atoms with van der Waals surface area (Å²) in [6, 6.07) is 5.08. The van der Waals surface area contributed by atoms with Crippen molar-refractivity contribution < 1.29 is 14.3 Å². The van der Waals surface area contributed by atoms with Crippen molar-refractivity contribution in [2.45, 2.75) is 31.8 Å². The number of benzene rings is 1. The lowest BCUT2D eigenvalue weighted by Gasteiger charge is -2.15. The lowest BCUT2D eigenvalue weighted by atomic mass is 10.2. The van der Waals surface area contributed by atoms with Crippen LogP contribution < -0.4 is 10.9 Å². The highest BCUT2D eigenvalue weighted by atomic mass is 32.1. The normalized spacial score (nSPS) is 16.6. The number of rotatable bonds is 5. The molecule has 4 rings (SSSR count). The largest absolute Gasteiger partial charge is 0.480 e. The van der Waals surface area contributed by atoms with E-state index in [2.05, 4.69) is 15.3 Å². The Morgan fingerprint density at radius 3 is 2.96 bits per heavy atom. The quantitative estimate of drug-likeness (QED) is 0.682. The Balaban J connectivity index is 1.58. The first-order valence-corrected chi connectivity index (χ1v) is 9.57. The van der Waals surface area contributed by atoms with Crippen LogP contribution in [0, 0.1) is 5.82 Å². The van der Waals surface area contributed by atoms with Gasteiger partial charge >= 0.3 is 5.97 Å². The van der Waals surface area contributed by atoms with Gasteiger partial charge in [0.2, 0.25) is 0 Å². The van der Waals surface area contributed by atoms with E-state index in [0.29, 0.717) is 29.2 Å². The summed E-state index contributed by atoms with van der Waals surface area (Å²) in [5, 5.41) is 13.1. The smallest absolute Gasteiger partial charge is 0.326 e. The summed E-state index contributed by atoms with van der Waals surface area (Å²) in [4.78, 5) is 33.6. The molecular weight excluding hydrogens is 383 g/mol. The zero-order valence-electron chi connectivity index (χ0n) is 14.9. The van der Waals surface area contributed by atoms with Gasteiger partial charge in [-0.25, -0.2) is 19.2 Å². The van der Waals surface area contributed by atoms with Crippen molar-refractivity contribution in [1.29, 1.82) is 0 Å². The van der Waals surface area contributed by atoms with E-state index in [1.54, 1.807) is 18.3 Å². The first-order chi connectivity index (χ1) is 13.4. The van der Waals surface area contributed by atoms with E-state index in [4.69, 9.17) is 0 Å². The van der Waals surface area contributed by atoms with Crippen LogP contribution in [-0.4, -0.2) is 25.6 Å². The molecule has 0 amide bonds. The van der Waals surface area contributed by atoms with E-state index in [-0.39, 0.29) is 17.5 Å². The van der Waals surface area contributed by atoms with Crippen molar-refractivity contribution in [3.63, 3.8) is 0 Å². The van der Waals surface area contributed by atoms with E-state index < -0.39 is 17.6 Å². The second kappa shape index (κ2) is 7.16. The number of aliphatic carboxylic acids is 1. The first kappa shape index (κ1) is 18.3. The highest BCUT2D eigenvalue weighted by Gasteiger charge is 2.31. The van der Waals surface area contributed by atoms with Crippen molar-refractivity contribution in [1.82, 2.24) is 14.5 Å². The lowest BCUT2D eigenvalue weighted by molar-refractivity contribution is -0.140. The molecule has 28 heavy (non-hydrogen) atoms. The third-order valence-electron chi connectivity index (χ3n) is 4.70. The maximum Gasteiger partial charge on any atom is 0.326 e. The van der Waals surface area contributed by atoms with Gasteiger partial charge in [0.15, 0.2) is 0 Å². The minimum absolute atomic E-state index is 0.241. The van der Waals surface area contributed by atoms with Crippen LogP contribution in [0.4, 0.5) is 10.1 Å². The average molecular weight is 400 g/mol. The number of carbonyl (C=O) groups is 1. The molecule has 0 spiro atoms. The number of halogens is 1. The lowest BCUT2D eigenvalue weighted by Crippen LogP contribution is -2.30. The molecule has 2 atom stereocenters. The number of fused-ring (bicyclic) bond motifs is 1.